The summed E-state index contributed by atoms with van der Waals surface area (Å²) in [6.45, 7) is 0. The van der Waals surface area contributed by atoms with E-state index in [2.05, 4.69) is 11.1 Å². The lowest BCUT2D eigenvalue weighted by Gasteiger charge is -2.32. The molecular weight excluding hydrogens is 214 g/mol. The lowest BCUT2D eigenvalue weighted by atomic mass is 9.84. The van der Waals surface area contributed by atoms with E-state index in [9.17, 15) is 10.2 Å². The van der Waals surface area contributed by atoms with Gasteiger partial charge < -0.3 is 10.2 Å². The molecule has 1 saturated carbocycles. The molecule has 3 heteroatoms. The lowest BCUT2D eigenvalue weighted by Crippen LogP contribution is -2.43. The molecule has 0 saturated heterocycles. The summed E-state index contributed by atoms with van der Waals surface area (Å²) in [5, 5.41) is 20.9. The third-order valence-electron chi connectivity index (χ3n) is 4.40. The fourth-order valence-corrected chi connectivity index (χ4v) is 3.41. The maximum atomic E-state index is 10.5. The van der Waals surface area contributed by atoms with Gasteiger partial charge in [0, 0.05) is 17.8 Å². The van der Waals surface area contributed by atoms with Gasteiger partial charge in [-0.3, -0.25) is 4.98 Å². The molecule has 1 fully saturated rings. The molecule has 0 aromatic carbocycles. The summed E-state index contributed by atoms with van der Waals surface area (Å²) in [6.07, 6.45) is 6.52. The highest BCUT2D eigenvalue weighted by atomic mass is 16.3. The van der Waals surface area contributed by atoms with Gasteiger partial charge in [0.25, 0.3) is 0 Å². The zero-order chi connectivity index (χ0) is 11.9. The van der Waals surface area contributed by atoms with Crippen molar-refractivity contribution in [1.82, 2.24) is 4.98 Å². The van der Waals surface area contributed by atoms with E-state index in [0.29, 0.717) is 0 Å². The summed E-state index contributed by atoms with van der Waals surface area (Å²) in [5.41, 5.74) is 1.36. The Kier molecular flexibility index (Phi) is 2.68. The van der Waals surface area contributed by atoms with Crippen LogP contribution in [-0.4, -0.2) is 26.9 Å². The Morgan fingerprint density at radius 3 is 2.88 bits per heavy atom. The number of fused-ring (bicyclic) bond motifs is 1. The summed E-state index contributed by atoms with van der Waals surface area (Å²) >= 11 is 0. The molecule has 17 heavy (non-hydrogen) atoms. The van der Waals surface area contributed by atoms with Crippen molar-refractivity contribution in [2.24, 2.45) is 0 Å². The van der Waals surface area contributed by atoms with Crippen LogP contribution in [0.5, 0.6) is 0 Å². The van der Waals surface area contributed by atoms with Crippen LogP contribution in [-0.2, 0) is 6.42 Å². The summed E-state index contributed by atoms with van der Waals surface area (Å²) in [6, 6.07) is 4.02. The third-order valence-corrected chi connectivity index (χ3v) is 4.40. The Morgan fingerprint density at radius 1 is 1.35 bits per heavy atom. The molecule has 2 aliphatic carbocycles. The topological polar surface area (TPSA) is 53.4 Å². The van der Waals surface area contributed by atoms with Crippen molar-refractivity contribution in [3.63, 3.8) is 0 Å². The number of nitrogens with zero attached hydrogens (tertiary/aromatic N) is 1. The monoisotopic (exact) mass is 233 g/mol. The first-order chi connectivity index (χ1) is 8.21. The Morgan fingerprint density at radius 2 is 2.12 bits per heavy atom. The van der Waals surface area contributed by atoms with Crippen LogP contribution in [0.25, 0.3) is 0 Å². The van der Waals surface area contributed by atoms with E-state index in [-0.39, 0.29) is 5.92 Å². The number of rotatable bonds is 2. The molecular formula is C14H19NO2. The van der Waals surface area contributed by atoms with Gasteiger partial charge in [-0.1, -0.05) is 18.9 Å². The fourth-order valence-electron chi connectivity index (χ4n) is 3.41. The van der Waals surface area contributed by atoms with Gasteiger partial charge in [-0.15, -0.1) is 0 Å². The highest BCUT2D eigenvalue weighted by molar-refractivity contribution is 5.30. The van der Waals surface area contributed by atoms with E-state index in [0.717, 1.165) is 44.2 Å². The molecule has 2 atom stereocenters. The molecule has 2 N–H and O–H groups in total. The SMILES string of the molecule is OC(C1CCc2cccnc21)C1(O)CCCC1. The van der Waals surface area contributed by atoms with E-state index >= 15 is 0 Å². The predicted molar refractivity (Wildman–Crippen MR) is 64.7 cm³/mol. The molecule has 1 heterocycles. The molecule has 0 radical (unpaired) electrons. The second-order valence-electron chi connectivity index (χ2n) is 5.45. The van der Waals surface area contributed by atoms with E-state index in [4.69, 9.17) is 0 Å². The third kappa shape index (κ3) is 1.78. The standard InChI is InChI=1S/C14H19NO2/c16-13(14(17)7-1-2-8-14)11-6-5-10-4-3-9-15-12(10)11/h3-4,9,11,13,16-17H,1-2,5-8H2. The van der Waals surface area contributed by atoms with Crippen LogP contribution in [0, 0.1) is 0 Å². The lowest BCUT2D eigenvalue weighted by molar-refractivity contribution is -0.0819. The van der Waals surface area contributed by atoms with Crippen LogP contribution in [0.3, 0.4) is 0 Å². The normalized spacial score (nSPS) is 28.0. The van der Waals surface area contributed by atoms with Gasteiger partial charge in [0.2, 0.25) is 0 Å². The molecule has 0 spiro atoms. The fraction of sp³-hybridized carbons (Fsp3) is 0.643. The molecule has 0 amide bonds. The molecule has 3 nitrogen and oxygen atoms in total. The average Bonchev–Trinajstić information content (AvgIpc) is 2.95. The highest BCUT2D eigenvalue weighted by Crippen LogP contribution is 2.42. The second kappa shape index (κ2) is 4.07. The van der Waals surface area contributed by atoms with Crippen molar-refractivity contribution in [2.75, 3.05) is 0 Å². The molecule has 1 aromatic rings. The van der Waals surface area contributed by atoms with Crippen molar-refractivity contribution in [3.05, 3.63) is 29.6 Å². The van der Waals surface area contributed by atoms with Crippen molar-refractivity contribution in [2.45, 2.75) is 56.1 Å². The van der Waals surface area contributed by atoms with Gasteiger partial charge in [0.15, 0.2) is 0 Å². The molecule has 2 aliphatic rings. The number of hydrogen-bond donors (Lipinski definition) is 2. The quantitative estimate of drug-likeness (QED) is 0.818. The Balaban J connectivity index is 1.86. The van der Waals surface area contributed by atoms with Crippen LogP contribution in [0.1, 0.15) is 49.3 Å². The minimum absolute atomic E-state index is 0.0225. The maximum absolute atomic E-state index is 10.5. The van der Waals surface area contributed by atoms with E-state index in [1.165, 1.54) is 5.56 Å². The summed E-state index contributed by atoms with van der Waals surface area (Å²) in [4.78, 5) is 4.39. The van der Waals surface area contributed by atoms with Crippen molar-refractivity contribution < 1.29 is 10.2 Å². The molecule has 1 aromatic heterocycles. The number of hydrogen-bond acceptors (Lipinski definition) is 3. The summed E-state index contributed by atoms with van der Waals surface area (Å²) in [7, 11) is 0. The van der Waals surface area contributed by atoms with Gasteiger partial charge in [0.1, 0.15) is 0 Å². The minimum atomic E-state index is -0.871. The smallest absolute Gasteiger partial charge is 0.0912 e. The molecule has 3 rings (SSSR count). The Labute approximate surface area is 102 Å². The van der Waals surface area contributed by atoms with E-state index in [1.807, 2.05) is 6.07 Å². The Hall–Kier alpha value is -0.930. The molecule has 0 aliphatic heterocycles. The minimum Gasteiger partial charge on any atom is -0.389 e. The maximum Gasteiger partial charge on any atom is 0.0912 e. The van der Waals surface area contributed by atoms with Crippen LogP contribution < -0.4 is 0 Å². The van der Waals surface area contributed by atoms with Gasteiger partial charge in [0.05, 0.1) is 11.7 Å². The first-order valence-corrected chi connectivity index (χ1v) is 6.55. The van der Waals surface area contributed by atoms with E-state index < -0.39 is 11.7 Å². The number of aryl methyl sites for hydroxylation is 1. The van der Waals surface area contributed by atoms with E-state index in [1.54, 1.807) is 6.20 Å². The highest BCUT2D eigenvalue weighted by Gasteiger charge is 2.45. The number of aliphatic hydroxyl groups excluding tert-OH is 1. The summed E-state index contributed by atoms with van der Waals surface area (Å²) < 4.78 is 0. The number of aliphatic hydroxyl groups is 2. The van der Waals surface area contributed by atoms with Crippen LogP contribution in [0.2, 0.25) is 0 Å². The molecule has 0 bridgehead atoms. The van der Waals surface area contributed by atoms with Gasteiger partial charge in [-0.05, 0) is 37.3 Å². The van der Waals surface area contributed by atoms with Gasteiger partial charge >= 0.3 is 0 Å². The largest absolute Gasteiger partial charge is 0.389 e. The number of aromatic nitrogens is 1. The zero-order valence-corrected chi connectivity index (χ0v) is 9.97. The zero-order valence-electron chi connectivity index (χ0n) is 9.97. The van der Waals surface area contributed by atoms with Gasteiger partial charge in [-0.2, -0.15) is 0 Å². The van der Waals surface area contributed by atoms with Crippen molar-refractivity contribution in [3.8, 4) is 0 Å². The first-order valence-electron chi connectivity index (χ1n) is 6.55. The molecule has 92 valence electrons. The van der Waals surface area contributed by atoms with Crippen LogP contribution in [0.4, 0.5) is 0 Å². The Bertz CT molecular complexity index is 412. The van der Waals surface area contributed by atoms with Crippen LogP contribution in [0.15, 0.2) is 18.3 Å². The molecule has 2 unspecified atom stereocenters. The predicted octanol–water partition coefficient (Wildman–Crippen LogP) is 1.78. The van der Waals surface area contributed by atoms with Crippen molar-refractivity contribution in [1.29, 1.82) is 0 Å². The summed E-state index contributed by atoms with van der Waals surface area (Å²) in [5.74, 6) is 0.0225. The van der Waals surface area contributed by atoms with Gasteiger partial charge in [-0.25, -0.2) is 0 Å². The second-order valence-corrected chi connectivity index (χ2v) is 5.45. The van der Waals surface area contributed by atoms with Crippen LogP contribution >= 0.6 is 0 Å². The first kappa shape index (κ1) is 11.2. The number of pyridine rings is 1. The average molecular weight is 233 g/mol. The van der Waals surface area contributed by atoms with Crippen molar-refractivity contribution >= 4 is 0 Å².